The Morgan fingerprint density at radius 2 is 0.493 bits per heavy atom. The Morgan fingerprint density at radius 3 is 0.781 bits per heavy atom. The number of hydrogen-bond donors (Lipinski definition) is 0. The number of hydrogen-bond acceptors (Lipinski definition) is 6. The van der Waals surface area contributed by atoms with Crippen LogP contribution in [0.4, 0.5) is 0 Å². The molecule has 0 aromatic carbocycles. The van der Waals surface area contributed by atoms with Gasteiger partial charge in [0.1, 0.15) is 13.2 Å². The Morgan fingerprint density at radius 1 is 0.274 bits per heavy atom. The Balaban J connectivity index is 4.31. The third-order valence-electron chi connectivity index (χ3n) is 15.0. The first kappa shape index (κ1) is 70.9. The van der Waals surface area contributed by atoms with Gasteiger partial charge in [0, 0.05) is 19.3 Å². The van der Waals surface area contributed by atoms with Crippen molar-refractivity contribution in [3.63, 3.8) is 0 Å². The van der Waals surface area contributed by atoms with Crippen LogP contribution < -0.4 is 0 Å². The van der Waals surface area contributed by atoms with Crippen molar-refractivity contribution in [2.24, 2.45) is 0 Å². The van der Waals surface area contributed by atoms with Crippen LogP contribution in [0.3, 0.4) is 0 Å². The highest BCUT2D eigenvalue weighted by atomic mass is 16.6. The maximum atomic E-state index is 12.9. The molecule has 0 amide bonds. The van der Waals surface area contributed by atoms with Crippen LogP contribution in [0, 0.1) is 0 Å². The molecule has 0 fully saturated rings. The third-order valence-corrected chi connectivity index (χ3v) is 15.0. The van der Waals surface area contributed by atoms with Gasteiger partial charge >= 0.3 is 17.9 Å². The van der Waals surface area contributed by atoms with E-state index in [0.29, 0.717) is 19.3 Å². The molecule has 73 heavy (non-hydrogen) atoms. The molecule has 0 rings (SSSR count). The topological polar surface area (TPSA) is 78.9 Å². The van der Waals surface area contributed by atoms with Crippen LogP contribution in [-0.2, 0) is 28.6 Å². The molecule has 0 unspecified atom stereocenters. The van der Waals surface area contributed by atoms with Gasteiger partial charge in [-0.25, -0.2) is 0 Å². The molecule has 0 saturated heterocycles. The second-order valence-corrected chi connectivity index (χ2v) is 22.4. The fraction of sp³-hybridized carbons (Fsp3) is 0.896. The molecule has 0 spiro atoms. The summed E-state index contributed by atoms with van der Waals surface area (Å²) in [6.45, 7) is 6.69. The second kappa shape index (κ2) is 62.4. The molecule has 0 aromatic rings. The lowest BCUT2D eigenvalue weighted by molar-refractivity contribution is -0.167. The minimum absolute atomic E-state index is 0.0683. The predicted octanol–water partition coefficient (Wildman–Crippen LogP) is 22.2. The molecule has 0 saturated carbocycles. The Bertz CT molecular complexity index is 1120. The van der Waals surface area contributed by atoms with Gasteiger partial charge in [0.25, 0.3) is 0 Å². The summed E-state index contributed by atoms with van der Waals surface area (Å²) in [5, 5.41) is 0. The van der Waals surface area contributed by atoms with Crippen molar-refractivity contribution in [1.29, 1.82) is 0 Å². The lowest BCUT2D eigenvalue weighted by Crippen LogP contribution is -2.30. The summed E-state index contributed by atoms with van der Waals surface area (Å²) in [5.74, 6) is -0.846. The molecule has 0 radical (unpaired) electrons. The lowest BCUT2D eigenvalue weighted by atomic mass is 10.0. The second-order valence-electron chi connectivity index (χ2n) is 22.4. The van der Waals surface area contributed by atoms with Crippen molar-refractivity contribution >= 4 is 17.9 Å². The van der Waals surface area contributed by atoms with Gasteiger partial charge in [-0.15, -0.1) is 0 Å². The lowest BCUT2D eigenvalue weighted by Gasteiger charge is -2.18. The van der Waals surface area contributed by atoms with Crippen molar-refractivity contribution in [3.8, 4) is 0 Å². The van der Waals surface area contributed by atoms with E-state index in [4.69, 9.17) is 14.2 Å². The Kier molecular flexibility index (Phi) is 60.6. The molecule has 0 aliphatic heterocycles. The summed E-state index contributed by atoms with van der Waals surface area (Å²) in [6.07, 6.45) is 74.7. The van der Waals surface area contributed by atoms with Gasteiger partial charge in [-0.2, -0.15) is 0 Å². The standard InChI is InChI=1S/C67H126O6/c1-4-7-10-13-16-19-22-25-28-31-33-36-38-41-44-47-50-53-56-59-65(68)71-62-64(73-67(70)61-58-55-52-49-46-43-40-35-30-27-24-21-18-15-12-9-6-3)63-72-66(69)60-57-54-51-48-45-42-39-37-34-32-29-26-23-20-17-14-11-8-5-2/h18,21,27,30,64H,4-17,19-20,22-26,28-29,31-63H2,1-3H3/b21-18-,30-27-. The van der Waals surface area contributed by atoms with Crippen LogP contribution >= 0.6 is 0 Å². The van der Waals surface area contributed by atoms with Crippen LogP contribution in [-0.4, -0.2) is 37.2 Å². The number of rotatable bonds is 61. The van der Waals surface area contributed by atoms with E-state index < -0.39 is 6.10 Å². The zero-order chi connectivity index (χ0) is 52.9. The molecule has 0 N–H and O–H groups in total. The highest BCUT2D eigenvalue weighted by molar-refractivity contribution is 5.71. The van der Waals surface area contributed by atoms with Crippen molar-refractivity contribution in [3.05, 3.63) is 24.3 Å². The van der Waals surface area contributed by atoms with E-state index in [-0.39, 0.29) is 31.1 Å². The molecule has 6 heteroatoms. The van der Waals surface area contributed by atoms with Crippen LogP contribution in [0.25, 0.3) is 0 Å². The average Bonchev–Trinajstić information content (AvgIpc) is 3.39. The highest BCUT2D eigenvalue weighted by Crippen LogP contribution is 2.18. The Hall–Kier alpha value is -2.11. The summed E-state index contributed by atoms with van der Waals surface area (Å²) < 4.78 is 17.0. The summed E-state index contributed by atoms with van der Waals surface area (Å²) in [4.78, 5) is 38.4. The first-order valence-electron chi connectivity index (χ1n) is 32.8. The van der Waals surface area contributed by atoms with Gasteiger partial charge in [-0.05, 0) is 51.4 Å². The fourth-order valence-corrected chi connectivity index (χ4v) is 10.0. The largest absolute Gasteiger partial charge is 0.462 e. The van der Waals surface area contributed by atoms with Crippen LogP contribution in [0.1, 0.15) is 367 Å². The monoisotopic (exact) mass is 1030 g/mol. The quantitative estimate of drug-likeness (QED) is 0.0261. The van der Waals surface area contributed by atoms with Gasteiger partial charge in [-0.3, -0.25) is 14.4 Å². The molecular weight excluding hydrogens is 901 g/mol. The van der Waals surface area contributed by atoms with Crippen molar-refractivity contribution in [2.45, 2.75) is 374 Å². The summed E-state index contributed by atoms with van der Waals surface area (Å²) >= 11 is 0. The number of ether oxygens (including phenoxy) is 3. The van der Waals surface area contributed by atoms with Crippen molar-refractivity contribution in [2.75, 3.05) is 13.2 Å². The van der Waals surface area contributed by atoms with Gasteiger partial charge in [0.15, 0.2) is 6.10 Å². The molecule has 0 heterocycles. The van der Waals surface area contributed by atoms with Gasteiger partial charge in [0.05, 0.1) is 0 Å². The molecule has 6 nitrogen and oxygen atoms in total. The number of carbonyl (C=O) groups is 3. The SMILES string of the molecule is CCCCC/C=C\C/C=C\CCCCCCCCCC(=O)OC(COC(=O)CCCCCCCCCCCCCCCCCCCCC)COC(=O)CCCCCCCCCCCCCCCCCCCCC. The molecule has 0 atom stereocenters. The Labute approximate surface area is 455 Å². The fourth-order valence-electron chi connectivity index (χ4n) is 10.0. The number of carbonyl (C=O) groups excluding carboxylic acids is 3. The summed E-state index contributed by atoms with van der Waals surface area (Å²) in [6, 6.07) is 0. The van der Waals surface area contributed by atoms with Gasteiger partial charge < -0.3 is 14.2 Å². The normalized spacial score (nSPS) is 11.7. The first-order valence-corrected chi connectivity index (χ1v) is 32.8. The number of esters is 3. The smallest absolute Gasteiger partial charge is 0.306 e. The molecule has 0 aromatic heterocycles. The average molecular weight is 1030 g/mol. The number of allylic oxidation sites excluding steroid dienone is 4. The van der Waals surface area contributed by atoms with Crippen LogP contribution in [0.5, 0.6) is 0 Å². The van der Waals surface area contributed by atoms with E-state index in [2.05, 4.69) is 45.1 Å². The maximum Gasteiger partial charge on any atom is 0.306 e. The minimum atomic E-state index is -0.772. The van der Waals surface area contributed by atoms with Gasteiger partial charge in [-0.1, -0.05) is 321 Å². The maximum absolute atomic E-state index is 12.9. The van der Waals surface area contributed by atoms with Crippen LogP contribution in [0.2, 0.25) is 0 Å². The molecule has 0 aliphatic carbocycles. The zero-order valence-electron chi connectivity index (χ0n) is 49.4. The van der Waals surface area contributed by atoms with Gasteiger partial charge in [0.2, 0.25) is 0 Å². The van der Waals surface area contributed by atoms with Crippen molar-refractivity contribution < 1.29 is 28.6 Å². The molecule has 0 aliphatic rings. The third kappa shape index (κ3) is 60.6. The van der Waals surface area contributed by atoms with E-state index in [1.54, 1.807) is 0 Å². The highest BCUT2D eigenvalue weighted by Gasteiger charge is 2.19. The zero-order valence-corrected chi connectivity index (χ0v) is 49.4. The van der Waals surface area contributed by atoms with E-state index >= 15 is 0 Å². The minimum Gasteiger partial charge on any atom is -0.462 e. The molecule has 430 valence electrons. The van der Waals surface area contributed by atoms with E-state index in [1.165, 1.54) is 257 Å². The predicted molar refractivity (Wildman–Crippen MR) is 316 cm³/mol. The summed E-state index contributed by atoms with van der Waals surface area (Å²) in [5.41, 5.74) is 0. The number of unbranched alkanes of at least 4 members (excludes halogenated alkanes) is 46. The van der Waals surface area contributed by atoms with Crippen molar-refractivity contribution in [1.82, 2.24) is 0 Å². The molecule has 0 bridgehead atoms. The first-order chi connectivity index (χ1) is 36.0. The van der Waals surface area contributed by atoms with E-state index in [9.17, 15) is 14.4 Å². The van der Waals surface area contributed by atoms with E-state index in [0.717, 1.165) is 70.6 Å². The molecular formula is C67H126O6. The van der Waals surface area contributed by atoms with E-state index in [1.807, 2.05) is 0 Å². The van der Waals surface area contributed by atoms with Crippen LogP contribution in [0.15, 0.2) is 24.3 Å². The summed E-state index contributed by atoms with van der Waals surface area (Å²) in [7, 11) is 0.